The Labute approximate surface area is 140 Å². The van der Waals surface area contributed by atoms with Crippen LogP contribution in [-0.2, 0) is 10.0 Å². The van der Waals surface area contributed by atoms with Gasteiger partial charge >= 0.3 is 0 Å². The molecule has 23 heavy (non-hydrogen) atoms. The van der Waals surface area contributed by atoms with Crippen molar-refractivity contribution in [2.24, 2.45) is 0 Å². The van der Waals surface area contributed by atoms with E-state index in [-0.39, 0.29) is 10.9 Å². The van der Waals surface area contributed by atoms with Crippen molar-refractivity contribution in [2.75, 3.05) is 13.2 Å². The van der Waals surface area contributed by atoms with Crippen LogP contribution in [0.4, 0.5) is 0 Å². The van der Waals surface area contributed by atoms with Gasteiger partial charge in [0.05, 0.1) is 4.90 Å². The number of rotatable bonds is 4. The molecular formula is C16H16ClNO4S. The van der Waals surface area contributed by atoms with E-state index in [0.29, 0.717) is 29.7 Å². The van der Waals surface area contributed by atoms with Crippen LogP contribution in [-0.4, -0.2) is 21.6 Å². The first kappa shape index (κ1) is 16.1. The summed E-state index contributed by atoms with van der Waals surface area (Å²) in [7, 11) is -3.67. The molecule has 1 aliphatic heterocycles. The van der Waals surface area contributed by atoms with Crippen LogP contribution >= 0.6 is 11.6 Å². The summed E-state index contributed by atoms with van der Waals surface area (Å²) in [5.74, 6) is 0.999. The maximum atomic E-state index is 12.5. The smallest absolute Gasteiger partial charge is 0.241 e. The molecule has 7 heteroatoms. The molecule has 0 saturated heterocycles. The van der Waals surface area contributed by atoms with Gasteiger partial charge < -0.3 is 9.47 Å². The highest BCUT2D eigenvalue weighted by molar-refractivity contribution is 7.89. The number of nitrogens with one attached hydrogen (secondary N) is 1. The second kappa shape index (κ2) is 6.39. The Balaban J connectivity index is 1.82. The Hall–Kier alpha value is -1.76. The van der Waals surface area contributed by atoms with Gasteiger partial charge in [0.25, 0.3) is 0 Å². The number of halogens is 1. The van der Waals surface area contributed by atoms with Gasteiger partial charge in [-0.15, -0.1) is 0 Å². The zero-order valence-corrected chi connectivity index (χ0v) is 14.0. The highest BCUT2D eigenvalue weighted by Gasteiger charge is 2.21. The number of hydrogen-bond donors (Lipinski definition) is 1. The second-order valence-corrected chi connectivity index (χ2v) is 7.35. The van der Waals surface area contributed by atoms with E-state index in [9.17, 15) is 8.42 Å². The lowest BCUT2D eigenvalue weighted by molar-refractivity contribution is 0.171. The maximum Gasteiger partial charge on any atom is 0.241 e. The SMILES string of the molecule is CC(NS(=O)(=O)c1ccc2c(c1)OCCO2)c1ccc(Cl)cc1. The van der Waals surface area contributed by atoms with Crippen molar-refractivity contribution in [1.82, 2.24) is 4.72 Å². The van der Waals surface area contributed by atoms with E-state index < -0.39 is 10.0 Å². The number of hydrogen-bond acceptors (Lipinski definition) is 4. The molecule has 0 radical (unpaired) electrons. The fourth-order valence-corrected chi connectivity index (χ4v) is 3.68. The van der Waals surface area contributed by atoms with Gasteiger partial charge in [-0.25, -0.2) is 13.1 Å². The van der Waals surface area contributed by atoms with E-state index >= 15 is 0 Å². The molecule has 0 saturated carbocycles. The average Bonchev–Trinajstić information content (AvgIpc) is 2.54. The highest BCUT2D eigenvalue weighted by atomic mass is 35.5. The molecule has 1 atom stereocenters. The third-order valence-electron chi connectivity index (χ3n) is 3.53. The Morgan fingerprint density at radius 2 is 1.70 bits per heavy atom. The van der Waals surface area contributed by atoms with Gasteiger partial charge in [0.2, 0.25) is 10.0 Å². The van der Waals surface area contributed by atoms with Crippen LogP contribution < -0.4 is 14.2 Å². The van der Waals surface area contributed by atoms with E-state index in [4.69, 9.17) is 21.1 Å². The highest BCUT2D eigenvalue weighted by Crippen LogP contribution is 2.32. The molecule has 2 aromatic carbocycles. The summed E-state index contributed by atoms with van der Waals surface area (Å²) in [6.45, 7) is 2.65. The molecular weight excluding hydrogens is 338 g/mol. The predicted molar refractivity (Wildman–Crippen MR) is 87.6 cm³/mol. The molecule has 1 N–H and O–H groups in total. The Kier molecular flexibility index (Phi) is 4.48. The molecule has 0 spiro atoms. The van der Waals surface area contributed by atoms with Crippen LogP contribution in [0.1, 0.15) is 18.5 Å². The fourth-order valence-electron chi connectivity index (χ4n) is 2.31. The quantitative estimate of drug-likeness (QED) is 0.917. The van der Waals surface area contributed by atoms with Crippen molar-refractivity contribution in [1.29, 1.82) is 0 Å². The van der Waals surface area contributed by atoms with Crippen molar-refractivity contribution in [3.05, 3.63) is 53.1 Å². The number of ether oxygens (including phenoxy) is 2. The predicted octanol–water partition coefficient (Wildman–Crippen LogP) is 3.15. The summed E-state index contributed by atoms with van der Waals surface area (Å²) in [5.41, 5.74) is 0.829. The molecule has 2 aromatic rings. The molecule has 0 bridgehead atoms. The van der Waals surface area contributed by atoms with Gasteiger partial charge in [-0.1, -0.05) is 23.7 Å². The average molecular weight is 354 g/mol. The first-order chi connectivity index (χ1) is 11.0. The summed E-state index contributed by atoms with van der Waals surface area (Å²) in [6, 6.07) is 11.2. The molecule has 1 aliphatic rings. The van der Waals surface area contributed by atoms with Crippen molar-refractivity contribution < 1.29 is 17.9 Å². The topological polar surface area (TPSA) is 64.6 Å². The molecule has 0 aromatic heterocycles. The van der Waals surface area contributed by atoms with E-state index in [0.717, 1.165) is 5.56 Å². The van der Waals surface area contributed by atoms with Gasteiger partial charge in [0.15, 0.2) is 11.5 Å². The largest absolute Gasteiger partial charge is 0.486 e. The van der Waals surface area contributed by atoms with Crippen LogP contribution in [0.25, 0.3) is 0 Å². The van der Waals surface area contributed by atoms with E-state index in [1.807, 2.05) is 0 Å². The maximum absolute atomic E-state index is 12.5. The summed E-state index contributed by atoms with van der Waals surface area (Å²) < 4.78 is 38.5. The second-order valence-electron chi connectivity index (χ2n) is 5.20. The van der Waals surface area contributed by atoms with Crippen LogP contribution in [0.2, 0.25) is 5.02 Å². The van der Waals surface area contributed by atoms with Gasteiger partial charge in [-0.3, -0.25) is 0 Å². The first-order valence-corrected chi connectivity index (χ1v) is 8.99. The number of sulfonamides is 1. The van der Waals surface area contributed by atoms with Crippen molar-refractivity contribution in [2.45, 2.75) is 17.9 Å². The minimum absolute atomic E-state index is 0.141. The van der Waals surface area contributed by atoms with Gasteiger partial charge in [-0.05, 0) is 36.8 Å². The lowest BCUT2D eigenvalue weighted by atomic mass is 10.1. The number of benzene rings is 2. The molecule has 0 fully saturated rings. The summed E-state index contributed by atoms with van der Waals surface area (Å²) in [6.07, 6.45) is 0. The summed E-state index contributed by atoms with van der Waals surface area (Å²) in [4.78, 5) is 0.141. The molecule has 122 valence electrons. The molecule has 0 amide bonds. The Morgan fingerprint density at radius 1 is 1.04 bits per heavy atom. The standard InChI is InChI=1S/C16H16ClNO4S/c1-11(12-2-4-13(17)5-3-12)18-23(19,20)14-6-7-15-16(10-14)22-9-8-21-15/h2-7,10-11,18H,8-9H2,1H3. The third kappa shape index (κ3) is 3.60. The normalized spacial score (nSPS) is 15.2. The van der Waals surface area contributed by atoms with Crippen LogP contribution in [0.15, 0.2) is 47.4 Å². The van der Waals surface area contributed by atoms with Crippen LogP contribution in [0.5, 0.6) is 11.5 Å². The van der Waals surface area contributed by atoms with Crippen molar-refractivity contribution >= 4 is 21.6 Å². The van der Waals surface area contributed by atoms with E-state index in [1.165, 1.54) is 12.1 Å². The van der Waals surface area contributed by atoms with Crippen LogP contribution in [0.3, 0.4) is 0 Å². The Morgan fingerprint density at radius 3 is 2.39 bits per heavy atom. The monoisotopic (exact) mass is 353 g/mol. The third-order valence-corrected chi connectivity index (χ3v) is 5.32. The summed E-state index contributed by atoms with van der Waals surface area (Å²) in [5, 5.41) is 0.607. The van der Waals surface area contributed by atoms with E-state index in [2.05, 4.69) is 4.72 Å². The fraction of sp³-hybridized carbons (Fsp3) is 0.250. The van der Waals surface area contributed by atoms with E-state index in [1.54, 1.807) is 37.3 Å². The van der Waals surface area contributed by atoms with Gasteiger partial charge in [0.1, 0.15) is 13.2 Å². The molecule has 1 unspecified atom stereocenters. The lowest BCUT2D eigenvalue weighted by Crippen LogP contribution is -2.27. The van der Waals surface area contributed by atoms with Gasteiger partial charge in [-0.2, -0.15) is 0 Å². The lowest BCUT2D eigenvalue weighted by Gasteiger charge is -2.20. The minimum atomic E-state index is -3.67. The minimum Gasteiger partial charge on any atom is -0.486 e. The first-order valence-electron chi connectivity index (χ1n) is 7.13. The number of fused-ring (bicyclic) bond motifs is 1. The molecule has 0 aliphatic carbocycles. The van der Waals surface area contributed by atoms with Crippen molar-refractivity contribution in [3.63, 3.8) is 0 Å². The zero-order chi connectivity index (χ0) is 16.4. The molecule has 3 rings (SSSR count). The molecule has 5 nitrogen and oxygen atoms in total. The molecule has 1 heterocycles. The van der Waals surface area contributed by atoms with Crippen LogP contribution in [0, 0.1) is 0 Å². The van der Waals surface area contributed by atoms with Gasteiger partial charge in [0, 0.05) is 17.1 Å². The zero-order valence-electron chi connectivity index (χ0n) is 12.5. The van der Waals surface area contributed by atoms with Crippen molar-refractivity contribution in [3.8, 4) is 11.5 Å². The Bertz CT molecular complexity index is 805. The summed E-state index contributed by atoms with van der Waals surface area (Å²) >= 11 is 5.85.